The summed E-state index contributed by atoms with van der Waals surface area (Å²) in [6.45, 7) is 23.6. The SMILES string of the molecule is C=CC1=C(C)C2=NC1=CC1=NC(=CC3=C(C)C4=C([O-])[C@H](C(=O)OC)C(=C5NC(=C2)[C@@H](C)[C@@H]5CCC(=O)OC/C=C(\C)CCC[C@H](C)CCC[C@H](C)CCCC(C)C)C4=N3)C(CC)=C1CO.[Mg+2]. The van der Waals surface area contributed by atoms with Crippen molar-refractivity contribution >= 4 is 52.1 Å². The number of esters is 2. The smallest absolute Gasteiger partial charge is 0.874 e. The molecule has 2 N–H and O–H groups in total. The van der Waals surface area contributed by atoms with Crippen molar-refractivity contribution in [1.29, 1.82) is 0 Å². The molecule has 5 atom stereocenters. The van der Waals surface area contributed by atoms with Gasteiger partial charge < -0.3 is 25.0 Å². The number of aliphatic hydroxyl groups excluding tert-OH is 1. The number of nitrogens with one attached hydrogen (secondary N) is 1. The van der Waals surface area contributed by atoms with Gasteiger partial charge in [-0.3, -0.25) is 9.59 Å². The van der Waals surface area contributed by atoms with Crippen LogP contribution in [0, 0.1) is 35.5 Å². The second-order valence-electron chi connectivity index (χ2n) is 19.5. The van der Waals surface area contributed by atoms with Crippen LogP contribution in [-0.4, -0.2) is 77.6 Å². The molecule has 0 amide bonds. The second-order valence-corrected chi connectivity index (χ2v) is 19.5. The minimum Gasteiger partial charge on any atom is -0.874 e. The summed E-state index contributed by atoms with van der Waals surface area (Å²) in [6.07, 6.45) is 22.0. The summed E-state index contributed by atoms with van der Waals surface area (Å²) in [7, 11) is 1.29. The molecule has 5 heterocycles. The van der Waals surface area contributed by atoms with Crippen LogP contribution in [0.4, 0.5) is 0 Å². The van der Waals surface area contributed by atoms with E-state index in [1.807, 2.05) is 45.1 Å². The number of ether oxygens (including phenoxy) is 2. The number of hydrogen-bond donors (Lipinski definition) is 2. The van der Waals surface area contributed by atoms with Crippen LogP contribution in [-0.2, 0) is 19.1 Å². The molecule has 0 saturated carbocycles. The maximum absolute atomic E-state index is 14.4. The van der Waals surface area contributed by atoms with Crippen molar-refractivity contribution in [2.45, 2.75) is 139 Å². The van der Waals surface area contributed by atoms with Crippen molar-refractivity contribution in [3.05, 3.63) is 116 Å². The Hall–Kier alpha value is -4.32. The molecule has 0 aromatic rings. The molecule has 0 aromatic heterocycles. The summed E-state index contributed by atoms with van der Waals surface area (Å²) in [5.74, 6) is -0.703. The Bertz CT molecular complexity index is 2320. The standard InChI is InChI=1S/C55H74N4O6.Mg/c1-12-38-35(8)42-27-43-36(9)40(23-24-48(61)65-26-25-34(7)22-16-21-33(6)20-15-19-32(5)18-14-17-31(3)4)52(58-43)50-51(55(63)64-11)54(62)49-37(10)44(59-53(49)50)28-46-39(13-2)41(30-60)47(57-46)29-45(38)56-42;/h12,25,27-29,31-33,36,40,51,58,60,62H,1,13-24,26,30H2,2-11H3;/q;+2/p-1/b34-25+,43-27?,45-29?,46-28?,52-50?;/t32-,33-,36+,40+,51-;/m1./s1. The zero-order valence-corrected chi connectivity index (χ0v) is 42.9. The quantitative estimate of drug-likeness (QED) is 0.0663. The van der Waals surface area contributed by atoms with E-state index in [0.29, 0.717) is 75.3 Å². The first-order valence-electron chi connectivity index (χ1n) is 24.2. The Morgan fingerprint density at radius 1 is 0.909 bits per heavy atom. The number of hydrogen-bond acceptors (Lipinski definition) is 10. The number of aliphatic imine (C=N–C) groups is 3. The van der Waals surface area contributed by atoms with Crippen LogP contribution in [0.5, 0.6) is 0 Å². The molecule has 5 aliphatic heterocycles. The van der Waals surface area contributed by atoms with Gasteiger partial charge in [-0.2, -0.15) is 0 Å². The van der Waals surface area contributed by atoms with Gasteiger partial charge in [-0.25, -0.2) is 15.0 Å². The van der Waals surface area contributed by atoms with Crippen LogP contribution >= 0.6 is 0 Å². The molecule has 66 heavy (non-hydrogen) atoms. The minimum absolute atomic E-state index is 0. The van der Waals surface area contributed by atoms with E-state index in [9.17, 15) is 19.8 Å². The number of fused-ring (bicyclic) bond motifs is 5. The van der Waals surface area contributed by atoms with Crippen LogP contribution in [0.15, 0.2) is 131 Å². The van der Waals surface area contributed by atoms with Crippen molar-refractivity contribution in [2.24, 2.45) is 50.5 Å². The number of methoxy groups -OCH3 is 1. The summed E-state index contributed by atoms with van der Waals surface area (Å²) >= 11 is 0. The number of allylic oxidation sites excluding steroid dienone is 11. The topological polar surface area (TPSA) is 145 Å². The zero-order valence-electron chi connectivity index (χ0n) is 41.5. The van der Waals surface area contributed by atoms with Crippen LogP contribution in [0.3, 0.4) is 0 Å². The minimum atomic E-state index is -1.22. The van der Waals surface area contributed by atoms with Crippen molar-refractivity contribution in [1.82, 2.24) is 5.32 Å². The van der Waals surface area contributed by atoms with Crippen LogP contribution in [0.2, 0.25) is 0 Å². The molecule has 1 saturated heterocycles. The summed E-state index contributed by atoms with van der Waals surface area (Å²) < 4.78 is 11.1. The zero-order chi connectivity index (χ0) is 47.1. The Balaban J connectivity index is 0.00000817. The van der Waals surface area contributed by atoms with Gasteiger partial charge in [-0.15, -0.1) is 5.76 Å². The van der Waals surface area contributed by atoms with Gasteiger partial charge in [0, 0.05) is 46.4 Å². The molecule has 6 rings (SSSR count). The Kier molecular flexibility index (Phi) is 18.8. The molecule has 0 radical (unpaired) electrons. The fraction of sp³-hybridized carbons (Fsp3) is 0.545. The molecule has 10 nitrogen and oxygen atoms in total. The van der Waals surface area contributed by atoms with Gasteiger partial charge in [0.15, 0.2) is 0 Å². The fourth-order valence-corrected chi connectivity index (χ4v) is 10.2. The van der Waals surface area contributed by atoms with Crippen LogP contribution in [0.25, 0.3) is 0 Å². The number of rotatable bonds is 21. The predicted molar refractivity (Wildman–Crippen MR) is 266 cm³/mol. The summed E-state index contributed by atoms with van der Waals surface area (Å²) in [4.78, 5) is 42.2. The molecule has 0 unspecified atom stereocenters. The third-order valence-corrected chi connectivity index (χ3v) is 14.3. The first-order valence-corrected chi connectivity index (χ1v) is 24.2. The predicted octanol–water partition coefficient (Wildman–Crippen LogP) is 10.3. The van der Waals surface area contributed by atoms with Crippen molar-refractivity contribution in [3.8, 4) is 0 Å². The molecule has 1 fully saturated rings. The molecule has 6 aliphatic rings. The molecule has 11 heteroatoms. The maximum Gasteiger partial charge on any atom is 2.00 e. The average Bonchev–Trinajstić information content (AvgIpc) is 4.02. The van der Waals surface area contributed by atoms with Crippen molar-refractivity contribution in [3.63, 3.8) is 0 Å². The normalized spacial score (nSPS) is 22.2. The number of carbonyl (C=O) groups is 2. The number of nitrogens with zero attached hydrogens (tertiary/aromatic N) is 3. The fourth-order valence-electron chi connectivity index (χ4n) is 10.2. The maximum atomic E-state index is 14.4. The molecule has 1 aliphatic carbocycles. The van der Waals surface area contributed by atoms with Gasteiger partial charge in [0.05, 0.1) is 53.9 Å². The van der Waals surface area contributed by atoms with Crippen molar-refractivity contribution in [2.75, 3.05) is 20.3 Å². The van der Waals surface area contributed by atoms with E-state index >= 15 is 0 Å². The molecule has 350 valence electrons. The largest absolute Gasteiger partial charge is 2.00 e. The van der Waals surface area contributed by atoms with E-state index < -0.39 is 11.9 Å². The van der Waals surface area contributed by atoms with Crippen LogP contribution < -0.4 is 10.4 Å². The average molecular weight is 911 g/mol. The molecule has 8 bridgehead atoms. The second kappa shape index (κ2) is 23.6. The van der Waals surface area contributed by atoms with E-state index in [1.54, 1.807) is 6.08 Å². The summed E-state index contributed by atoms with van der Waals surface area (Å²) in [5.41, 5.74) is 11.2. The third kappa shape index (κ3) is 11.7. The Morgan fingerprint density at radius 2 is 1.58 bits per heavy atom. The van der Waals surface area contributed by atoms with E-state index in [2.05, 4.69) is 53.4 Å². The van der Waals surface area contributed by atoms with Gasteiger partial charge >= 0.3 is 35.0 Å². The van der Waals surface area contributed by atoms with E-state index in [0.717, 1.165) is 52.8 Å². The van der Waals surface area contributed by atoms with E-state index in [-0.39, 0.29) is 66.3 Å². The Labute approximate surface area is 410 Å². The van der Waals surface area contributed by atoms with Gasteiger partial charge in [0.25, 0.3) is 0 Å². The molecule has 0 aromatic carbocycles. The first kappa shape index (κ1) is 52.6. The summed E-state index contributed by atoms with van der Waals surface area (Å²) in [6, 6.07) is 0. The molecule has 0 spiro atoms. The number of aliphatic hydroxyl groups is 1. The van der Waals surface area contributed by atoms with Gasteiger partial charge in [-0.05, 0) is 111 Å². The number of carbonyl (C=O) groups excluding carboxylic acids is 2. The van der Waals surface area contributed by atoms with Gasteiger partial charge in [0.2, 0.25) is 0 Å². The summed E-state index contributed by atoms with van der Waals surface area (Å²) in [5, 5.41) is 28.6. The van der Waals surface area contributed by atoms with E-state index in [1.165, 1.54) is 57.6 Å². The molecular formula is C55H73MgN4O6+. The first-order chi connectivity index (χ1) is 31.1. The van der Waals surface area contributed by atoms with Crippen molar-refractivity contribution < 1.29 is 29.3 Å². The monoisotopic (exact) mass is 910 g/mol. The molecular weight excluding hydrogens is 837 g/mol. The Morgan fingerprint density at radius 3 is 2.21 bits per heavy atom. The van der Waals surface area contributed by atoms with Gasteiger partial charge in [0.1, 0.15) is 6.61 Å². The van der Waals surface area contributed by atoms with Crippen LogP contribution in [0.1, 0.15) is 139 Å². The van der Waals surface area contributed by atoms with Gasteiger partial charge in [-0.1, -0.05) is 105 Å². The van der Waals surface area contributed by atoms with E-state index in [4.69, 9.17) is 24.5 Å². The third-order valence-electron chi connectivity index (χ3n) is 14.3.